The van der Waals surface area contributed by atoms with Crippen LogP contribution in [0, 0.1) is 0 Å². The molecule has 0 aliphatic carbocycles. The zero-order chi connectivity index (χ0) is 13.0. The van der Waals surface area contributed by atoms with E-state index in [0.717, 1.165) is 5.69 Å². The van der Waals surface area contributed by atoms with Gasteiger partial charge in [-0.05, 0) is 24.3 Å². The fraction of sp³-hybridized carbons (Fsp3) is 0.0909. The SMILES string of the molecule is O=C(NCc1ccn[nH]1)Nc1ccc(Cl)c(Cl)c1. The van der Waals surface area contributed by atoms with Gasteiger partial charge in [0.05, 0.1) is 22.3 Å². The second-order valence-electron chi connectivity index (χ2n) is 3.52. The van der Waals surface area contributed by atoms with Gasteiger partial charge >= 0.3 is 6.03 Å². The van der Waals surface area contributed by atoms with Crippen molar-refractivity contribution in [1.82, 2.24) is 15.5 Å². The topological polar surface area (TPSA) is 69.8 Å². The number of hydrogen-bond acceptors (Lipinski definition) is 2. The minimum atomic E-state index is -0.331. The highest BCUT2D eigenvalue weighted by molar-refractivity contribution is 6.42. The summed E-state index contributed by atoms with van der Waals surface area (Å²) >= 11 is 11.6. The smallest absolute Gasteiger partial charge is 0.319 e. The van der Waals surface area contributed by atoms with E-state index in [-0.39, 0.29) is 6.03 Å². The Bertz CT molecular complexity index is 542. The van der Waals surface area contributed by atoms with E-state index in [1.54, 1.807) is 30.5 Å². The van der Waals surface area contributed by atoms with Gasteiger partial charge in [-0.2, -0.15) is 5.10 Å². The molecule has 0 aliphatic heterocycles. The monoisotopic (exact) mass is 284 g/mol. The van der Waals surface area contributed by atoms with Crippen LogP contribution < -0.4 is 10.6 Å². The first-order chi connectivity index (χ1) is 8.65. The fourth-order valence-electron chi connectivity index (χ4n) is 1.31. The maximum absolute atomic E-state index is 11.6. The number of carbonyl (C=O) groups is 1. The molecule has 2 rings (SSSR count). The predicted octanol–water partition coefficient (Wildman–Crippen LogP) is 3.04. The Balaban J connectivity index is 1.88. The van der Waals surface area contributed by atoms with Crippen molar-refractivity contribution in [2.45, 2.75) is 6.54 Å². The summed E-state index contributed by atoms with van der Waals surface area (Å²) in [4.78, 5) is 11.6. The molecule has 2 aromatic rings. The summed E-state index contributed by atoms with van der Waals surface area (Å²) in [5, 5.41) is 12.7. The number of halogens is 2. The molecule has 1 heterocycles. The van der Waals surface area contributed by atoms with Crippen LogP contribution in [-0.2, 0) is 6.54 Å². The first kappa shape index (κ1) is 12.7. The summed E-state index contributed by atoms with van der Waals surface area (Å²) in [5.41, 5.74) is 1.39. The predicted molar refractivity (Wildman–Crippen MR) is 70.9 cm³/mol. The lowest BCUT2D eigenvalue weighted by molar-refractivity contribution is 0.251. The van der Waals surface area contributed by atoms with E-state index in [9.17, 15) is 4.79 Å². The highest BCUT2D eigenvalue weighted by atomic mass is 35.5. The molecule has 0 unspecified atom stereocenters. The van der Waals surface area contributed by atoms with Gasteiger partial charge in [0.15, 0.2) is 0 Å². The molecule has 0 radical (unpaired) electrons. The lowest BCUT2D eigenvalue weighted by atomic mass is 10.3. The van der Waals surface area contributed by atoms with E-state index in [2.05, 4.69) is 20.8 Å². The second kappa shape index (κ2) is 5.75. The maximum Gasteiger partial charge on any atom is 0.319 e. The van der Waals surface area contributed by atoms with Gasteiger partial charge in [0, 0.05) is 11.9 Å². The number of H-pyrrole nitrogens is 1. The molecule has 1 aromatic carbocycles. The van der Waals surface area contributed by atoms with Gasteiger partial charge in [0.25, 0.3) is 0 Å². The number of aromatic amines is 1. The van der Waals surface area contributed by atoms with E-state index < -0.39 is 0 Å². The Labute approximate surface area is 113 Å². The van der Waals surface area contributed by atoms with Gasteiger partial charge in [0.2, 0.25) is 0 Å². The van der Waals surface area contributed by atoms with Gasteiger partial charge < -0.3 is 10.6 Å². The molecule has 3 N–H and O–H groups in total. The lowest BCUT2D eigenvalue weighted by Crippen LogP contribution is -2.28. The van der Waals surface area contributed by atoms with Gasteiger partial charge in [-0.1, -0.05) is 23.2 Å². The van der Waals surface area contributed by atoms with Crippen molar-refractivity contribution < 1.29 is 4.79 Å². The van der Waals surface area contributed by atoms with Gasteiger partial charge in [-0.15, -0.1) is 0 Å². The summed E-state index contributed by atoms with van der Waals surface area (Å²) in [6.07, 6.45) is 1.62. The highest BCUT2D eigenvalue weighted by Crippen LogP contribution is 2.24. The minimum Gasteiger partial charge on any atom is -0.332 e. The molecule has 2 amide bonds. The molecule has 0 aliphatic rings. The molecule has 18 heavy (non-hydrogen) atoms. The lowest BCUT2D eigenvalue weighted by Gasteiger charge is -2.07. The fourth-order valence-corrected chi connectivity index (χ4v) is 1.61. The van der Waals surface area contributed by atoms with Crippen molar-refractivity contribution in [2.24, 2.45) is 0 Å². The highest BCUT2D eigenvalue weighted by Gasteiger charge is 2.04. The van der Waals surface area contributed by atoms with Crippen molar-refractivity contribution in [3.63, 3.8) is 0 Å². The molecular formula is C11H10Cl2N4O. The van der Waals surface area contributed by atoms with E-state index >= 15 is 0 Å². The van der Waals surface area contributed by atoms with Crippen molar-refractivity contribution in [1.29, 1.82) is 0 Å². The number of hydrogen-bond donors (Lipinski definition) is 3. The van der Waals surface area contributed by atoms with Crippen molar-refractivity contribution in [3.05, 3.63) is 46.2 Å². The quantitative estimate of drug-likeness (QED) is 0.811. The van der Waals surface area contributed by atoms with E-state index in [4.69, 9.17) is 23.2 Å². The number of urea groups is 1. The third-order valence-corrected chi connectivity index (χ3v) is 2.91. The number of carbonyl (C=O) groups excluding carboxylic acids is 1. The number of aromatic nitrogens is 2. The van der Waals surface area contributed by atoms with Crippen LogP contribution in [0.2, 0.25) is 10.0 Å². The van der Waals surface area contributed by atoms with Crippen LogP contribution in [-0.4, -0.2) is 16.2 Å². The minimum absolute atomic E-state index is 0.331. The van der Waals surface area contributed by atoms with E-state index in [1.165, 1.54) is 0 Å². The van der Waals surface area contributed by atoms with Gasteiger partial charge in [-0.25, -0.2) is 4.79 Å². The molecule has 0 bridgehead atoms. The zero-order valence-electron chi connectivity index (χ0n) is 9.21. The number of rotatable bonds is 3. The molecule has 94 valence electrons. The number of nitrogens with one attached hydrogen (secondary N) is 3. The molecule has 0 saturated heterocycles. The molecule has 5 nitrogen and oxygen atoms in total. The van der Waals surface area contributed by atoms with Crippen LogP contribution in [0.1, 0.15) is 5.69 Å². The van der Waals surface area contributed by atoms with Crippen LogP contribution >= 0.6 is 23.2 Å². The summed E-state index contributed by atoms with van der Waals surface area (Å²) in [6, 6.07) is 6.32. The third kappa shape index (κ3) is 3.38. The number of amides is 2. The Morgan fingerprint density at radius 2 is 2.11 bits per heavy atom. The average molecular weight is 285 g/mol. The number of nitrogens with zero attached hydrogens (tertiary/aromatic N) is 1. The van der Waals surface area contributed by atoms with Crippen molar-refractivity contribution in [3.8, 4) is 0 Å². The van der Waals surface area contributed by atoms with Crippen LogP contribution in [0.15, 0.2) is 30.5 Å². The van der Waals surface area contributed by atoms with Crippen LogP contribution in [0.4, 0.5) is 10.5 Å². The standard InChI is InChI=1S/C11H10Cl2N4O/c12-9-2-1-7(5-10(9)13)16-11(18)14-6-8-3-4-15-17-8/h1-5H,6H2,(H,15,17)(H2,14,16,18). The normalized spacial score (nSPS) is 10.1. The molecule has 0 spiro atoms. The second-order valence-corrected chi connectivity index (χ2v) is 4.33. The Kier molecular flexibility index (Phi) is 4.07. The van der Waals surface area contributed by atoms with Crippen molar-refractivity contribution in [2.75, 3.05) is 5.32 Å². The van der Waals surface area contributed by atoms with Crippen LogP contribution in [0.25, 0.3) is 0 Å². The maximum atomic E-state index is 11.6. The van der Waals surface area contributed by atoms with Crippen molar-refractivity contribution >= 4 is 34.9 Å². The molecule has 0 atom stereocenters. The third-order valence-electron chi connectivity index (χ3n) is 2.18. The van der Waals surface area contributed by atoms with Gasteiger partial charge in [0.1, 0.15) is 0 Å². The Hall–Kier alpha value is -1.72. The first-order valence-corrected chi connectivity index (χ1v) is 5.89. The molecular weight excluding hydrogens is 275 g/mol. The van der Waals surface area contributed by atoms with Crippen LogP contribution in [0.3, 0.4) is 0 Å². The summed E-state index contributed by atoms with van der Waals surface area (Å²) < 4.78 is 0. The first-order valence-electron chi connectivity index (χ1n) is 5.13. The summed E-state index contributed by atoms with van der Waals surface area (Å²) in [6.45, 7) is 0.368. The summed E-state index contributed by atoms with van der Waals surface area (Å²) in [7, 11) is 0. The largest absolute Gasteiger partial charge is 0.332 e. The molecule has 0 fully saturated rings. The molecule has 7 heteroatoms. The van der Waals surface area contributed by atoms with E-state index in [1.807, 2.05) is 0 Å². The Morgan fingerprint density at radius 1 is 1.28 bits per heavy atom. The average Bonchev–Trinajstić information content (AvgIpc) is 2.84. The van der Waals surface area contributed by atoms with E-state index in [0.29, 0.717) is 22.3 Å². The van der Waals surface area contributed by atoms with Crippen LogP contribution in [0.5, 0.6) is 0 Å². The zero-order valence-corrected chi connectivity index (χ0v) is 10.7. The number of benzene rings is 1. The number of anilines is 1. The Morgan fingerprint density at radius 3 is 2.78 bits per heavy atom. The summed E-state index contributed by atoms with van der Waals surface area (Å²) in [5.74, 6) is 0. The molecule has 0 saturated carbocycles. The van der Waals surface area contributed by atoms with Gasteiger partial charge in [-0.3, -0.25) is 5.10 Å². The molecule has 1 aromatic heterocycles.